The molecule has 0 aliphatic carbocycles. The minimum absolute atomic E-state index is 0.0416. The highest BCUT2D eigenvalue weighted by molar-refractivity contribution is 8.00. The highest BCUT2D eigenvalue weighted by Gasteiger charge is 2.22. The monoisotopic (exact) mass is 452 g/mol. The van der Waals surface area contributed by atoms with Crippen LogP contribution in [0.15, 0.2) is 76.7 Å². The van der Waals surface area contributed by atoms with E-state index in [0.29, 0.717) is 27.5 Å². The van der Waals surface area contributed by atoms with Gasteiger partial charge in [-0.3, -0.25) is 14.2 Å². The van der Waals surface area contributed by atoms with Gasteiger partial charge in [-0.2, -0.15) is 0 Å². The Morgan fingerprint density at radius 3 is 2.56 bits per heavy atom. The normalized spacial score (nSPS) is 12.0. The molecule has 8 heteroatoms. The highest BCUT2D eigenvalue weighted by Crippen LogP contribution is 2.28. The zero-order chi connectivity index (χ0) is 22.8. The van der Waals surface area contributed by atoms with Crippen molar-refractivity contribution in [2.45, 2.75) is 17.3 Å². The van der Waals surface area contributed by atoms with Gasteiger partial charge in [-0.05, 0) is 49.4 Å². The Morgan fingerprint density at radius 1 is 1.03 bits per heavy atom. The summed E-state index contributed by atoms with van der Waals surface area (Å²) >= 11 is 1.07. The quantitative estimate of drug-likeness (QED) is 0.233. The van der Waals surface area contributed by atoms with E-state index >= 15 is 0 Å². The van der Waals surface area contributed by atoms with E-state index in [9.17, 15) is 18.4 Å². The Kier molecular flexibility index (Phi) is 6.05. The number of ether oxygens (including phenoxy) is 1. The van der Waals surface area contributed by atoms with Crippen molar-refractivity contribution in [3.05, 3.63) is 94.3 Å². The summed E-state index contributed by atoms with van der Waals surface area (Å²) < 4.78 is 33.6. The summed E-state index contributed by atoms with van der Waals surface area (Å²) in [5.74, 6) is -1.96. The first-order valence-corrected chi connectivity index (χ1v) is 10.6. The molecule has 32 heavy (non-hydrogen) atoms. The lowest BCUT2D eigenvalue weighted by molar-refractivity contribution is 0.0993. The number of aromatic nitrogens is 2. The fraction of sp³-hybridized carbons (Fsp3) is 0.125. The smallest absolute Gasteiger partial charge is 0.266 e. The number of benzene rings is 3. The van der Waals surface area contributed by atoms with Crippen molar-refractivity contribution in [2.75, 3.05) is 7.11 Å². The summed E-state index contributed by atoms with van der Waals surface area (Å²) in [6, 6.07) is 16.9. The number of halogens is 2. The lowest BCUT2D eigenvalue weighted by Gasteiger charge is -2.16. The van der Waals surface area contributed by atoms with Crippen LogP contribution in [0.5, 0.6) is 5.75 Å². The minimum Gasteiger partial charge on any atom is -0.497 e. The number of rotatable bonds is 6. The summed E-state index contributed by atoms with van der Waals surface area (Å²) in [6.07, 6.45) is 0. The topological polar surface area (TPSA) is 61.2 Å². The lowest BCUT2D eigenvalue weighted by atomic mass is 10.1. The molecule has 0 aliphatic heterocycles. The third-order valence-corrected chi connectivity index (χ3v) is 5.96. The molecule has 0 fully saturated rings. The molecule has 1 heterocycles. The van der Waals surface area contributed by atoms with Crippen LogP contribution in [0, 0.1) is 11.6 Å². The van der Waals surface area contributed by atoms with Crippen LogP contribution in [0.4, 0.5) is 8.78 Å². The van der Waals surface area contributed by atoms with Crippen LogP contribution in [0.3, 0.4) is 0 Å². The molecular formula is C24H18F2N2O3S. The molecule has 3 aromatic carbocycles. The second kappa shape index (κ2) is 8.92. The maximum absolute atomic E-state index is 13.6. The van der Waals surface area contributed by atoms with Crippen LogP contribution < -0.4 is 10.3 Å². The number of thioether (sulfide) groups is 1. The fourth-order valence-electron chi connectivity index (χ4n) is 3.26. The third kappa shape index (κ3) is 4.13. The van der Waals surface area contributed by atoms with E-state index in [1.54, 1.807) is 55.5 Å². The Labute approximate surface area is 186 Å². The molecule has 1 atom stereocenters. The highest BCUT2D eigenvalue weighted by atomic mass is 32.2. The number of Topliss-reactive ketones (excluding diaryl/α,β-unsaturated/α-hetero) is 1. The molecule has 4 rings (SSSR count). The molecule has 0 aliphatic rings. The second-order valence-corrected chi connectivity index (χ2v) is 8.31. The van der Waals surface area contributed by atoms with Crippen LogP contribution in [-0.2, 0) is 0 Å². The van der Waals surface area contributed by atoms with Crippen LogP contribution in [0.25, 0.3) is 16.6 Å². The Hall–Kier alpha value is -3.52. The van der Waals surface area contributed by atoms with Gasteiger partial charge in [-0.15, -0.1) is 0 Å². The summed E-state index contributed by atoms with van der Waals surface area (Å²) in [7, 11) is 1.53. The summed E-state index contributed by atoms with van der Waals surface area (Å²) in [5.41, 5.74) is 0.771. The Bertz CT molecular complexity index is 1390. The first-order valence-electron chi connectivity index (χ1n) is 9.71. The van der Waals surface area contributed by atoms with E-state index in [2.05, 4.69) is 4.98 Å². The number of nitrogens with zero attached hydrogens (tertiary/aromatic N) is 2. The van der Waals surface area contributed by atoms with Gasteiger partial charge < -0.3 is 4.74 Å². The van der Waals surface area contributed by atoms with Crippen LogP contribution in [0.1, 0.15) is 17.3 Å². The van der Waals surface area contributed by atoms with Gasteiger partial charge in [0.25, 0.3) is 5.56 Å². The number of fused-ring (bicyclic) bond motifs is 1. The van der Waals surface area contributed by atoms with E-state index < -0.39 is 22.7 Å². The zero-order valence-electron chi connectivity index (χ0n) is 17.2. The number of hydrogen-bond acceptors (Lipinski definition) is 5. The summed E-state index contributed by atoms with van der Waals surface area (Å²) in [5, 5.41) is 0.00873. The fourth-order valence-corrected chi connectivity index (χ4v) is 4.27. The molecule has 0 radical (unpaired) electrons. The number of hydrogen-bond donors (Lipinski definition) is 0. The van der Waals surface area contributed by atoms with Crippen LogP contribution in [-0.4, -0.2) is 27.7 Å². The first-order chi connectivity index (χ1) is 15.4. The molecule has 0 N–H and O–H groups in total. The summed E-state index contributed by atoms with van der Waals surface area (Å²) in [4.78, 5) is 30.8. The molecule has 0 spiro atoms. The van der Waals surface area contributed by atoms with Crippen molar-refractivity contribution in [3.8, 4) is 11.4 Å². The number of ketones is 1. The van der Waals surface area contributed by atoms with E-state index in [4.69, 9.17) is 4.74 Å². The van der Waals surface area contributed by atoms with Crippen molar-refractivity contribution in [3.63, 3.8) is 0 Å². The maximum Gasteiger partial charge on any atom is 0.266 e. The lowest BCUT2D eigenvalue weighted by Crippen LogP contribution is -2.24. The molecule has 0 amide bonds. The van der Waals surface area contributed by atoms with Crippen molar-refractivity contribution >= 4 is 28.4 Å². The van der Waals surface area contributed by atoms with Crippen molar-refractivity contribution in [1.82, 2.24) is 9.55 Å². The molecule has 162 valence electrons. The SMILES string of the molecule is COc1cccc(-n2c(S[C@H](C)C(=O)c3ccc(F)c(F)c3)nc3ccccc3c2=O)c1. The van der Waals surface area contributed by atoms with E-state index in [-0.39, 0.29) is 11.1 Å². The van der Waals surface area contributed by atoms with Gasteiger partial charge in [0, 0.05) is 11.6 Å². The molecule has 1 aromatic heterocycles. The van der Waals surface area contributed by atoms with Crippen LogP contribution >= 0.6 is 11.8 Å². The van der Waals surface area contributed by atoms with E-state index in [1.165, 1.54) is 17.7 Å². The first kappa shape index (κ1) is 21.7. The third-order valence-electron chi connectivity index (χ3n) is 4.91. The van der Waals surface area contributed by atoms with Gasteiger partial charge in [0.05, 0.1) is 29.0 Å². The molecule has 0 saturated carbocycles. The number of carbonyl (C=O) groups is 1. The molecule has 0 bridgehead atoms. The van der Waals surface area contributed by atoms with E-state index in [0.717, 1.165) is 23.9 Å². The van der Waals surface area contributed by atoms with Gasteiger partial charge in [0.2, 0.25) is 0 Å². The van der Waals surface area contributed by atoms with Crippen molar-refractivity contribution in [2.24, 2.45) is 0 Å². The molecule has 4 aromatic rings. The zero-order valence-corrected chi connectivity index (χ0v) is 18.0. The predicted molar refractivity (Wildman–Crippen MR) is 120 cm³/mol. The van der Waals surface area contributed by atoms with Crippen molar-refractivity contribution in [1.29, 1.82) is 0 Å². The van der Waals surface area contributed by atoms with Crippen molar-refractivity contribution < 1.29 is 18.3 Å². The van der Waals surface area contributed by atoms with Gasteiger partial charge in [0.15, 0.2) is 22.6 Å². The Balaban J connectivity index is 1.81. The van der Waals surface area contributed by atoms with Crippen LogP contribution in [0.2, 0.25) is 0 Å². The number of methoxy groups -OCH3 is 1. The molecule has 5 nitrogen and oxygen atoms in total. The number of carbonyl (C=O) groups excluding carboxylic acids is 1. The van der Waals surface area contributed by atoms with E-state index in [1.807, 2.05) is 0 Å². The summed E-state index contributed by atoms with van der Waals surface area (Å²) in [6.45, 7) is 1.63. The van der Waals surface area contributed by atoms with Gasteiger partial charge in [-0.1, -0.05) is 30.0 Å². The number of para-hydroxylation sites is 1. The Morgan fingerprint density at radius 2 is 1.81 bits per heavy atom. The van der Waals surface area contributed by atoms with Gasteiger partial charge in [0.1, 0.15) is 5.75 Å². The average molecular weight is 452 g/mol. The standard InChI is InChI=1S/C24H18F2N2O3S/c1-14(22(29)15-10-11-19(25)20(26)12-15)32-24-27-21-9-4-3-8-18(21)23(30)28(24)16-6-5-7-17(13-16)31-2/h3-14H,1-2H3/t14-/m1/s1. The second-order valence-electron chi connectivity index (χ2n) is 7.01. The van der Waals surface area contributed by atoms with Gasteiger partial charge in [-0.25, -0.2) is 13.8 Å². The maximum atomic E-state index is 13.6. The molecular weight excluding hydrogens is 434 g/mol. The largest absolute Gasteiger partial charge is 0.497 e. The minimum atomic E-state index is -1.09. The molecule has 0 unspecified atom stereocenters. The molecule has 0 saturated heterocycles. The predicted octanol–water partition coefficient (Wildman–Crippen LogP) is 5.04. The average Bonchev–Trinajstić information content (AvgIpc) is 2.80. The van der Waals surface area contributed by atoms with Gasteiger partial charge >= 0.3 is 0 Å².